The van der Waals surface area contributed by atoms with Gasteiger partial charge in [0, 0.05) is 0 Å². The predicted molar refractivity (Wildman–Crippen MR) is 86.2 cm³/mol. The van der Waals surface area contributed by atoms with Gasteiger partial charge in [-0.05, 0) is 35.4 Å². The van der Waals surface area contributed by atoms with E-state index in [0.717, 1.165) is 18.6 Å². The third-order valence-electron chi connectivity index (χ3n) is 3.78. The molecule has 1 aliphatic carbocycles. The van der Waals surface area contributed by atoms with Gasteiger partial charge in [0.15, 0.2) is 11.5 Å². The first kappa shape index (κ1) is 15.3. The van der Waals surface area contributed by atoms with Gasteiger partial charge < -0.3 is 14.8 Å². The Labute approximate surface area is 142 Å². The summed E-state index contributed by atoms with van der Waals surface area (Å²) in [5.74, 6) is 1.65. The van der Waals surface area contributed by atoms with Crippen LogP contribution in [0.3, 0.4) is 0 Å². The van der Waals surface area contributed by atoms with Crippen molar-refractivity contribution in [2.24, 2.45) is 0 Å². The number of carbonyl (C=O) groups excluding carboxylic acids is 1. The van der Waals surface area contributed by atoms with Gasteiger partial charge in [0.1, 0.15) is 12.7 Å². The minimum Gasteiger partial charge on any atom is -0.486 e. The van der Waals surface area contributed by atoms with Gasteiger partial charge in [-0.3, -0.25) is 4.79 Å². The molecule has 0 radical (unpaired) electrons. The number of fused-ring (bicyclic) bond motifs is 1. The number of rotatable bonds is 6. The molecule has 9 heteroatoms. The molecule has 4 rings (SSSR count). The molecule has 0 saturated heterocycles. The highest BCUT2D eigenvalue weighted by Crippen LogP contribution is 2.36. The molecule has 24 heavy (non-hydrogen) atoms. The number of benzene rings is 1. The lowest BCUT2D eigenvalue weighted by Gasteiger charge is -2.26. The monoisotopic (exact) mass is 347 g/mol. The van der Waals surface area contributed by atoms with Gasteiger partial charge in [-0.2, -0.15) is 0 Å². The maximum atomic E-state index is 12.0. The Morgan fingerprint density at radius 3 is 3.00 bits per heavy atom. The lowest BCUT2D eigenvalue weighted by molar-refractivity contribution is -0.119. The first-order chi connectivity index (χ1) is 11.8. The number of hydrogen-bond acceptors (Lipinski definition) is 7. The van der Waals surface area contributed by atoms with Crippen LogP contribution in [0, 0.1) is 0 Å². The second-order valence-corrected chi connectivity index (χ2v) is 6.67. The SMILES string of the molecule is O=C(CSc1nnnn1C1CC1)NCC1COc2ccccc2O1. The van der Waals surface area contributed by atoms with Crippen LogP contribution >= 0.6 is 11.8 Å². The third kappa shape index (κ3) is 3.45. The average molecular weight is 347 g/mol. The summed E-state index contributed by atoms with van der Waals surface area (Å²) < 4.78 is 13.2. The largest absolute Gasteiger partial charge is 0.486 e. The summed E-state index contributed by atoms with van der Waals surface area (Å²) in [7, 11) is 0. The van der Waals surface area contributed by atoms with E-state index in [0.29, 0.717) is 30.1 Å². The van der Waals surface area contributed by atoms with E-state index >= 15 is 0 Å². The van der Waals surface area contributed by atoms with Crippen LogP contribution < -0.4 is 14.8 Å². The Morgan fingerprint density at radius 1 is 1.33 bits per heavy atom. The number of tetrazole rings is 1. The van der Waals surface area contributed by atoms with Crippen LogP contribution in [0.25, 0.3) is 0 Å². The first-order valence-electron chi connectivity index (χ1n) is 7.85. The Kier molecular flexibility index (Phi) is 4.24. The fourth-order valence-corrected chi connectivity index (χ4v) is 3.18. The molecule has 0 bridgehead atoms. The van der Waals surface area contributed by atoms with Crippen LogP contribution in [0.2, 0.25) is 0 Å². The number of hydrogen-bond donors (Lipinski definition) is 1. The van der Waals surface area contributed by atoms with Crippen molar-refractivity contribution in [1.29, 1.82) is 0 Å². The zero-order chi connectivity index (χ0) is 16.4. The lowest BCUT2D eigenvalue weighted by Crippen LogP contribution is -2.41. The average Bonchev–Trinajstić information content (AvgIpc) is 3.36. The molecular formula is C15H17N5O3S. The molecule has 1 aromatic heterocycles. The number of para-hydroxylation sites is 2. The van der Waals surface area contributed by atoms with E-state index < -0.39 is 0 Å². The summed E-state index contributed by atoms with van der Waals surface area (Å²) in [5.41, 5.74) is 0. The van der Waals surface area contributed by atoms with Gasteiger partial charge in [-0.15, -0.1) is 5.10 Å². The Morgan fingerprint density at radius 2 is 2.17 bits per heavy atom. The quantitative estimate of drug-likeness (QED) is 0.781. The van der Waals surface area contributed by atoms with Crippen LogP contribution in [0.4, 0.5) is 0 Å². The molecule has 1 saturated carbocycles. The van der Waals surface area contributed by atoms with Crippen molar-refractivity contribution in [3.8, 4) is 11.5 Å². The summed E-state index contributed by atoms with van der Waals surface area (Å²) in [6.45, 7) is 0.825. The molecule has 0 spiro atoms. The van der Waals surface area contributed by atoms with Crippen LogP contribution in [0.5, 0.6) is 11.5 Å². The predicted octanol–water partition coefficient (Wildman–Crippen LogP) is 1.06. The number of nitrogens with one attached hydrogen (secondary N) is 1. The number of aromatic nitrogens is 4. The summed E-state index contributed by atoms with van der Waals surface area (Å²) in [6.07, 6.45) is 2.02. The molecule has 1 atom stereocenters. The third-order valence-corrected chi connectivity index (χ3v) is 4.72. The van der Waals surface area contributed by atoms with Crippen LogP contribution in [0.15, 0.2) is 29.4 Å². The molecule has 126 valence electrons. The fourth-order valence-electron chi connectivity index (χ4n) is 2.40. The molecule has 1 unspecified atom stereocenters. The number of amides is 1. The molecule has 1 N–H and O–H groups in total. The lowest BCUT2D eigenvalue weighted by atomic mass is 10.2. The normalized spacial score (nSPS) is 19.1. The van der Waals surface area contributed by atoms with Gasteiger partial charge in [-0.25, -0.2) is 4.68 Å². The van der Waals surface area contributed by atoms with E-state index in [1.807, 2.05) is 24.3 Å². The molecule has 1 aromatic carbocycles. The van der Waals surface area contributed by atoms with Crippen molar-refractivity contribution in [1.82, 2.24) is 25.5 Å². The van der Waals surface area contributed by atoms with E-state index in [4.69, 9.17) is 9.47 Å². The zero-order valence-electron chi connectivity index (χ0n) is 12.9. The molecule has 2 aliphatic rings. The molecular weight excluding hydrogens is 330 g/mol. The Hall–Kier alpha value is -2.29. The molecule has 1 aliphatic heterocycles. The van der Waals surface area contributed by atoms with Gasteiger partial charge in [-0.1, -0.05) is 23.9 Å². The van der Waals surface area contributed by atoms with Crippen molar-refractivity contribution in [2.45, 2.75) is 30.1 Å². The van der Waals surface area contributed by atoms with E-state index in [9.17, 15) is 4.79 Å². The molecule has 2 heterocycles. The summed E-state index contributed by atoms with van der Waals surface area (Å²) in [6, 6.07) is 7.92. The van der Waals surface area contributed by atoms with Crippen molar-refractivity contribution in [3.63, 3.8) is 0 Å². The topological polar surface area (TPSA) is 91.2 Å². The minimum atomic E-state index is -0.189. The smallest absolute Gasteiger partial charge is 0.230 e. The molecule has 1 amide bonds. The van der Waals surface area contributed by atoms with Crippen molar-refractivity contribution >= 4 is 17.7 Å². The summed E-state index contributed by atoms with van der Waals surface area (Å²) >= 11 is 1.35. The number of ether oxygens (including phenoxy) is 2. The summed E-state index contributed by atoms with van der Waals surface area (Å²) in [5, 5.41) is 15.2. The van der Waals surface area contributed by atoms with Gasteiger partial charge in [0.25, 0.3) is 0 Å². The fraction of sp³-hybridized carbons (Fsp3) is 0.467. The second kappa shape index (κ2) is 6.68. The molecule has 2 aromatic rings. The van der Waals surface area contributed by atoms with Crippen LogP contribution in [-0.2, 0) is 4.79 Å². The molecule has 8 nitrogen and oxygen atoms in total. The van der Waals surface area contributed by atoms with Gasteiger partial charge in [0.2, 0.25) is 11.1 Å². The maximum Gasteiger partial charge on any atom is 0.230 e. The Balaban J connectivity index is 1.23. The highest BCUT2D eigenvalue weighted by Gasteiger charge is 2.28. The second-order valence-electron chi connectivity index (χ2n) is 5.73. The van der Waals surface area contributed by atoms with E-state index in [2.05, 4.69) is 20.8 Å². The van der Waals surface area contributed by atoms with E-state index in [1.165, 1.54) is 11.8 Å². The van der Waals surface area contributed by atoms with Crippen molar-refractivity contribution < 1.29 is 14.3 Å². The van der Waals surface area contributed by atoms with Crippen molar-refractivity contribution in [2.75, 3.05) is 18.9 Å². The molecule has 1 fully saturated rings. The Bertz CT molecular complexity index is 733. The van der Waals surface area contributed by atoms with Crippen molar-refractivity contribution in [3.05, 3.63) is 24.3 Å². The maximum absolute atomic E-state index is 12.0. The standard InChI is InChI=1S/C15H17N5O3S/c21-14(9-24-15-17-18-19-20(15)10-5-6-10)16-7-11-8-22-12-3-1-2-4-13(12)23-11/h1-4,10-11H,5-9H2,(H,16,21). The number of nitrogens with zero attached hydrogens (tertiary/aromatic N) is 4. The van der Waals surface area contributed by atoms with E-state index in [1.54, 1.807) is 4.68 Å². The highest BCUT2D eigenvalue weighted by molar-refractivity contribution is 7.99. The number of carbonyl (C=O) groups is 1. The van der Waals surface area contributed by atoms with Gasteiger partial charge in [0.05, 0.1) is 18.3 Å². The number of thioether (sulfide) groups is 1. The first-order valence-corrected chi connectivity index (χ1v) is 8.84. The van der Waals surface area contributed by atoms with Gasteiger partial charge >= 0.3 is 0 Å². The zero-order valence-corrected chi connectivity index (χ0v) is 13.7. The minimum absolute atomic E-state index is 0.0761. The highest BCUT2D eigenvalue weighted by atomic mass is 32.2. The van der Waals surface area contributed by atoms with Crippen LogP contribution in [0.1, 0.15) is 18.9 Å². The summed E-state index contributed by atoms with van der Waals surface area (Å²) in [4.78, 5) is 12.0. The van der Waals surface area contributed by atoms with Crippen LogP contribution in [-0.4, -0.2) is 51.1 Å². The van der Waals surface area contributed by atoms with E-state index in [-0.39, 0.29) is 17.8 Å².